The van der Waals surface area contributed by atoms with Crippen molar-refractivity contribution in [3.8, 4) is 44.5 Å². The molecule has 286 valence electrons. The van der Waals surface area contributed by atoms with Gasteiger partial charge in [0.15, 0.2) is 0 Å². The van der Waals surface area contributed by atoms with Gasteiger partial charge in [0, 0.05) is 47.0 Å². The van der Waals surface area contributed by atoms with Gasteiger partial charge in [0.05, 0.1) is 10.4 Å². The van der Waals surface area contributed by atoms with Gasteiger partial charge in [-0.2, -0.15) is 0 Å². The Bertz CT molecular complexity index is 3560. The zero-order valence-electron chi connectivity index (χ0n) is 33.1. The van der Waals surface area contributed by atoms with Gasteiger partial charge in [0.1, 0.15) is 0 Å². The van der Waals surface area contributed by atoms with E-state index in [0.29, 0.717) is 0 Å². The standard InChI is InChI=1S/C58H37NS2/c1-2-11-42(12-3-1)49-18-9-19-52-53-20-10-21-54(58(53)61-57(49)52)59(46-34-29-43(30-35-46)48-17-8-14-41-13-4-5-15-47(41)48)45-32-27-39(28-33-45)38-23-25-40(26-24-38)44-31-36-51-50-16-6-7-22-55(50)60-56(51)37-44/h1-37H. The first-order valence-corrected chi connectivity index (χ1v) is 22.4. The van der Waals surface area contributed by atoms with Crippen LogP contribution >= 0.6 is 22.7 Å². The van der Waals surface area contributed by atoms with Crippen molar-refractivity contribution >= 4 is 90.9 Å². The Morgan fingerprint density at radius 2 is 0.787 bits per heavy atom. The molecule has 0 aliphatic heterocycles. The number of rotatable bonds is 7. The third-order valence-electron chi connectivity index (χ3n) is 12.1. The largest absolute Gasteiger partial charge is 0.309 e. The highest BCUT2D eigenvalue weighted by atomic mass is 32.1. The van der Waals surface area contributed by atoms with Crippen LogP contribution in [0.15, 0.2) is 224 Å². The second kappa shape index (κ2) is 14.8. The number of thiophene rings is 2. The molecule has 0 amide bonds. The van der Waals surface area contributed by atoms with Gasteiger partial charge in [-0.3, -0.25) is 0 Å². The van der Waals surface area contributed by atoms with E-state index in [1.807, 2.05) is 22.7 Å². The van der Waals surface area contributed by atoms with Crippen molar-refractivity contribution < 1.29 is 0 Å². The van der Waals surface area contributed by atoms with Gasteiger partial charge >= 0.3 is 0 Å². The average molecular weight is 812 g/mol. The summed E-state index contributed by atoms with van der Waals surface area (Å²) in [5.74, 6) is 0. The van der Waals surface area contributed by atoms with Crippen molar-refractivity contribution in [2.45, 2.75) is 0 Å². The van der Waals surface area contributed by atoms with Gasteiger partial charge < -0.3 is 4.90 Å². The van der Waals surface area contributed by atoms with E-state index in [1.165, 1.54) is 101 Å². The molecule has 0 atom stereocenters. The number of nitrogens with zero attached hydrogens (tertiary/aromatic N) is 1. The smallest absolute Gasteiger partial charge is 0.0640 e. The summed E-state index contributed by atoms with van der Waals surface area (Å²) < 4.78 is 5.24. The molecule has 0 fully saturated rings. The Morgan fingerprint density at radius 3 is 1.56 bits per heavy atom. The fourth-order valence-corrected chi connectivity index (χ4v) is 11.6. The summed E-state index contributed by atoms with van der Waals surface area (Å²) >= 11 is 3.76. The lowest BCUT2D eigenvalue weighted by Gasteiger charge is -2.26. The van der Waals surface area contributed by atoms with Crippen LogP contribution in [0, 0.1) is 0 Å². The van der Waals surface area contributed by atoms with Crippen LogP contribution in [0.4, 0.5) is 17.1 Å². The van der Waals surface area contributed by atoms with E-state index >= 15 is 0 Å². The van der Waals surface area contributed by atoms with E-state index in [0.717, 1.165) is 11.4 Å². The lowest BCUT2D eigenvalue weighted by atomic mass is 9.98. The molecule has 0 unspecified atom stereocenters. The number of hydrogen-bond acceptors (Lipinski definition) is 3. The topological polar surface area (TPSA) is 3.24 Å². The highest BCUT2D eigenvalue weighted by molar-refractivity contribution is 7.27. The van der Waals surface area contributed by atoms with Crippen molar-refractivity contribution in [2.75, 3.05) is 4.90 Å². The quantitative estimate of drug-likeness (QED) is 0.155. The van der Waals surface area contributed by atoms with Gasteiger partial charge in [-0.15, -0.1) is 22.7 Å². The Morgan fingerprint density at radius 1 is 0.279 bits per heavy atom. The molecule has 0 saturated carbocycles. The van der Waals surface area contributed by atoms with E-state index in [4.69, 9.17) is 0 Å². The maximum atomic E-state index is 2.43. The second-order valence-corrected chi connectivity index (χ2v) is 17.8. The van der Waals surface area contributed by atoms with Gasteiger partial charge in [-0.1, -0.05) is 182 Å². The van der Waals surface area contributed by atoms with Crippen LogP contribution < -0.4 is 4.90 Å². The normalized spacial score (nSPS) is 11.6. The van der Waals surface area contributed by atoms with Crippen LogP contribution in [-0.2, 0) is 0 Å². The molecule has 0 bridgehead atoms. The lowest BCUT2D eigenvalue weighted by molar-refractivity contribution is 1.30. The SMILES string of the molecule is c1ccc(-c2cccc3c2sc2c(N(c4ccc(-c5ccc(-c6ccc7c(c6)sc6ccccc67)cc5)cc4)c4ccc(-c5cccc6ccccc56)cc4)cccc23)cc1. The predicted octanol–water partition coefficient (Wildman–Crippen LogP) is 17.7. The fraction of sp³-hybridized carbons (Fsp3) is 0. The Hall–Kier alpha value is -7.30. The Balaban J connectivity index is 0.940. The van der Waals surface area contributed by atoms with Crippen molar-refractivity contribution in [2.24, 2.45) is 0 Å². The molecule has 0 spiro atoms. The molecule has 61 heavy (non-hydrogen) atoms. The number of benzene rings is 10. The van der Waals surface area contributed by atoms with Crippen molar-refractivity contribution in [1.29, 1.82) is 0 Å². The molecule has 3 heteroatoms. The molecule has 2 heterocycles. The van der Waals surface area contributed by atoms with E-state index in [2.05, 4.69) is 229 Å². The highest BCUT2D eigenvalue weighted by Crippen LogP contribution is 2.47. The molecule has 12 rings (SSSR count). The van der Waals surface area contributed by atoms with Gasteiger partial charge in [-0.05, 0) is 97.7 Å². The van der Waals surface area contributed by atoms with Crippen molar-refractivity contribution in [3.05, 3.63) is 224 Å². The van der Waals surface area contributed by atoms with Gasteiger partial charge in [0.25, 0.3) is 0 Å². The summed E-state index contributed by atoms with van der Waals surface area (Å²) in [7, 11) is 0. The molecule has 0 radical (unpaired) electrons. The Labute approximate surface area is 362 Å². The monoisotopic (exact) mass is 811 g/mol. The second-order valence-electron chi connectivity index (χ2n) is 15.6. The molecule has 10 aromatic carbocycles. The van der Waals surface area contributed by atoms with Crippen LogP contribution in [0.5, 0.6) is 0 Å². The molecule has 2 aromatic heterocycles. The van der Waals surface area contributed by atoms with E-state index in [9.17, 15) is 0 Å². The van der Waals surface area contributed by atoms with Gasteiger partial charge in [0.2, 0.25) is 0 Å². The first-order valence-electron chi connectivity index (χ1n) is 20.7. The summed E-state index contributed by atoms with van der Waals surface area (Å²) in [4.78, 5) is 2.43. The van der Waals surface area contributed by atoms with E-state index in [-0.39, 0.29) is 0 Å². The number of hydrogen-bond donors (Lipinski definition) is 0. The predicted molar refractivity (Wildman–Crippen MR) is 266 cm³/mol. The van der Waals surface area contributed by atoms with Crippen molar-refractivity contribution in [1.82, 2.24) is 0 Å². The summed E-state index contributed by atoms with van der Waals surface area (Å²) in [6.45, 7) is 0. The zero-order chi connectivity index (χ0) is 40.3. The minimum absolute atomic E-state index is 1.11. The third kappa shape index (κ3) is 6.21. The molecule has 12 aromatic rings. The maximum absolute atomic E-state index is 2.43. The zero-order valence-corrected chi connectivity index (χ0v) is 34.8. The molecule has 0 saturated heterocycles. The Kier molecular flexibility index (Phi) is 8.62. The van der Waals surface area contributed by atoms with Crippen molar-refractivity contribution in [3.63, 3.8) is 0 Å². The summed E-state index contributed by atoms with van der Waals surface area (Å²) in [5, 5.41) is 7.74. The van der Waals surface area contributed by atoms with Gasteiger partial charge in [-0.25, -0.2) is 0 Å². The van der Waals surface area contributed by atoms with Crippen LogP contribution in [0.25, 0.3) is 95.6 Å². The number of fused-ring (bicyclic) bond motifs is 7. The first kappa shape index (κ1) is 35.6. The first-order chi connectivity index (χ1) is 30.2. The van der Waals surface area contributed by atoms with Crippen LogP contribution in [0.3, 0.4) is 0 Å². The number of anilines is 3. The molecule has 0 N–H and O–H groups in total. The molecular weight excluding hydrogens is 775 g/mol. The minimum atomic E-state index is 1.11. The summed E-state index contributed by atoms with van der Waals surface area (Å²) in [5.41, 5.74) is 13.2. The lowest BCUT2D eigenvalue weighted by Crippen LogP contribution is -2.10. The van der Waals surface area contributed by atoms with E-state index in [1.54, 1.807) is 0 Å². The van der Waals surface area contributed by atoms with Crippen LogP contribution in [0.2, 0.25) is 0 Å². The third-order valence-corrected chi connectivity index (χ3v) is 14.5. The summed E-state index contributed by atoms with van der Waals surface area (Å²) in [6.07, 6.45) is 0. The minimum Gasteiger partial charge on any atom is -0.309 e. The fourth-order valence-electron chi connectivity index (χ4n) is 9.08. The molecule has 1 nitrogen and oxygen atoms in total. The molecule has 0 aliphatic carbocycles. The van der Waals surface area contributed by atoms with Crippen LogP contribution in [-0.4, -0.2) is 0 Å². The molecule has 0 aliphatic rings. The van der Waals surface area contributed by atoms with E-state index < -0.39 is 0 Å². The maximum Gasteiger partial charge on any atom is 0.0640 e. The van der Waals surface area contributed by atoms with Crippen LogP contribution in [0.1, 0.15) is 0 Å². The highest BCUT2D eigenvalue weighted by Gasteiger charge is 2.20. The average Bonchev–Trinajstić information content (AvgIpc) is 3.91. The summed E-state index contributed by atoms with van der Waals surface area (Å²) in [6, 6.07) is 82.3. The molecular formula is C58H37NS2.